The number of nitrogens with one attached hydrogen (secondary N) is 1. The maximum Gasteiger partial charge on any atom is 0.223 e. The molecule has 1 heterocycles. The Morgan fingerprint density at radius 2 is 1.82 bits per heavy atom. The minimum absolute atomic E-state index is 0.00219. The highest BCUT2D eigenvalue weighted by Crippen LogP contribution is 2.32. The number of ether oxygens (including phenoxy) is 1. The Morgan fingerprint density at radius 1 is 1.21 bits per heavy atom. The third-order valence-electron chi connectivity index (χ3n) is 5.65. The van der Waals surface area contributed by atoms with Gasteiger partial charge in [0.1, 0.15) is 5.75 Å². The van der Waals surface area contributed by atoms with E-state index in [1.807, 2.05) is 19.9 Å². The summed E-state index contributed by atoms with van der Waals surface area (Å²) in [6.45, 7) is 10.8. The summed E-state index contributed by atoms with van der Waals surface area (Å²) < 4.78 is 31.0. The standard InChI is InChI=1S/C21H34N2O4S/c1-7-28(25,26)23-10-8-17(9-11-23)21(24)22-16(5)19-13-18(14(2)3)20(27-6)12-15(19)4/h12-14,16-17H,7-11H2,1-6H3,(H,22,24)/t16-/m1/s1. The second kappa shape index (κ2) is 9.27. The fourth-order valence-electron chi connectivity index (χ4n) is 3.80. The first-order valence-corrected chi connectivity index (χ1v) is 11.7. The van der Waals surface area contributed by atoms with Gasteiger partial charge in [-0.15, -0.1) is 0 Å². The molecule has 1 N–H and O–H groups in total. The van der Waals surface area contributed by atoms with E-state index in [4.69, 9.17) is 4.74 Å². The van der Waals surface area contributed by atoms with E-state index >= 15 is 0 Å². The van der Waals surface area contributed by atoms with Crippen LogP contribution in [-0.4, -0.2) is 44.6 Å². The van der Waals surface area contributed by atoms with Gasteiger partial charge in [-0.3, -0.25) is 4.79 Å². The smallest absolute Gasteiger partial charge is 0.223 e. The van der Waals surface area contributed by atoms with E-state index < -0.39 is 10.0 Å². The van der Waals surface area contributed by atoms with Crippen LogP contribution in [0.4, 0.5) is 0 Å². The van der Waals surface area contributed by atoms with Crippen molar-refractivity contribution in [3.63, 3.8) is 0 Å². The van der Waals surface area contributed by atoms with Crippen molar-refractivity contribution in [3.05, 3.63) is 28.8 Å². The Morgan fingerprint density at radius 3 is 2.32 bits per heavy atom. The highest BCUT2D eigenvalue weighted by molar-refractivity contribution is 7.89. The summed E-state index contributed by atoms with van der Waals surface area (Å²) in [5.74, 6) is 1.16. The third kappa shape index (κ3) is 5.06. The van der Waals surface area contributed by atoms with Crippen LogP contribution in [0.5, 0.6) is 5.75 Å². The fraction of sp³-hybridized carbons (Fsp3) is 0.667. The Kier molecular flexibility index (Phi) is 7.51. The lowest BCUT2D eigenvalue weighted by Gasteiger charge is -2.31. The maximum atomic E-state index is 12.8. The molecule has 1 amide bonds. The first-order chi connectivity index (χ1) is 13.1. The van der Waals surface area contributed by atoms with Crippen molar-refractivity contribution < 1.29 is 17.9 Å². The van der Waals surface area contributed by atoms with Crippen molar-refractivity contribution >= 4 is 15.9 Å². The van der Waals surface area contributed by atoms with Crippen LogP contribution in [-0.2, 0) is 14.8 Å². The van der Waals surface area contributed by atoms with E-state index in [-0.39, 0.29) is 23.6 Å². The number of rotatable bonds is 7. The minimum atomic E-state index is -3.17. The Balaban J connectivity index is 2.06. The monoisotopic (exact) mass is 410 g/mol. The van der Waals surface area contributed by atoms with E-state index in [1.165, 1.54) is 4.31 Å². The van der Waals surface area contributed by atoms with Gasteiger partial charge in [-0.25, -0.2) is 12.7 Å². The normalized spacial score (nSPS) is 17.5. The summed E-state index contributed by atoms with van der Waals surface area (Å²) in [6, 6.07) is 4.04. The van der Waals surface area contributed by atoms with Gasteiger partial charge in [-0.1, -0.05) is 13.8 Å². The van der Waals surface area contributed by atoms with E-state index in [2.05, 4.69) is 25.2 Å². The van der Waals surface area contributed by atoms with Gasteiger partial charge in [0.2, 0.25) is 15.9 Å². The number of carbonyl (C=O) groups is 1. The number of amides is 1. The van der Waals surface area contributed by atoms with Crippen LogP contribution in [0.3, 0.4) is 0 Å². The molecule has 7 heteroatoms. The van der Waals surface area contributed by atoms with Gasteiger partial charge in [-0.2, -0.15) is 0 Å². The van der Waals surface area contributed by atoms with E-state index in [1.54, 1.807) is 14.0 Å². The van der Waals surface area contributed by atoms with Gasteiger partial charge in [-0.05, 0) is 68.4 Å². The molecule has 1 saturated heterocycles. The molecule has 158 valence electrons. The molecule has 6 nitrogen and oxygen atoms in total. The number of piperidine rings is 1. The molecule has 28 heavy (non-hydrogen) atoms. The van der Waals surface area contributed by atoms with Crippen molar-refractivity contribution in [2.45, 2.75) is 59.4 Å². The predicted molar refractivity (Wildman–Crippen MR) is 112 cm³/mol. The number of hydrogen-bond donors (Lipinski definition) is 1. The van der Waals surface area contributed by atoms with Gasteiger partial charge < -0.3 is 10.1 Å². The molecule has 0 aliphatic carbocycles. The largest absolute Gasteiger partial charge is 0.496 e. The molecule has 1 aromatic rings. The molecule has 2 rings (SSSR count). The zero-order chi connectivity index (χ0) is 21.1. The van der Waals surface area contributed by atoms with Crippen molar-refractivity contribution in [2.75, 3.05) is 26.0 Å². The van der Waals surface area contributed by atoms with Crippen LogP contribution >= 0.6 is 0 Å². The average Bonchev–Trinajstić information content (AvgIpc) is 2.67. The van der Waals surface area contributed by atoms with Crippen LogP contribution in [0.15, 0.2) is 12.1 Å². The number of benzene rings is 1. The summed E-state index contributed by atoms with van der Waals surface area (Å²) in [7, 11) is -1.49. The Labute approximate surface area is 169 Å². The van der Waals surface area contributed by atoms with E-state index in [9.17, 15) is 13.2 Å². The second-order valence-electron chi connectivity index (χ2n) is 7.91. The molecule has 0 aromatic heterocycles. The third-order valence-corrected chi connectivity index (χ3v) is 7.53. The van der Waals surface area contributed by atoms with Crippen molar-refractivity contribution in [2.24, 2.45) is 5.92 Å². The summed E-state index contributed by atoms with van der Waals surface area (Å²) >= 11 is 0. The van der Waals surface area contributed by atoms with Crippen LogP contribution in [0.25, 0.3) is 0 Å². The summed E-state index contributed by atoms with van der Waals surface area (Å²) in [5.41, 5.74) is 3.30. The molecule has 1 aromatic carbocycles. The maximum absolute atomic E-state index is 12.8. The average molecular weight is 411 g/mol. The van der Waals surface area contributed by atoms with Gasteiger partial charge in [0.25, 0.3) is 0 Å². The molecular formula is C21H34N2O4S. The first kappa shape index (κ1) is 22.7. The molecule has 1 aliphatic rings. The van der Waals surface area contributed by atoms with Crippen molar-refractivity contribution in [1.82, 2.24) is 9.62 Å². The van der Waals surface area contributed by atoms with E-state index in [0.717, 1.165) is 22.4 Å². The molecule has 0 unspecified atom stereocenters. The lowest BCUT2D eigenvalue weighted by Crippen LogP contribution is -2.43. The lowest BCUT2D eigenvalue weighted by atomic mass is 9.92. The highest BCUT2D eigenvalue weighted by atomic mass is 32.2. The van der Waals surface area contributed by atoms with Crippen LogP contribution < -0.4 is 10.1 Å². The predicted octanol–water partition coefficient (Wildman–Crippen LogP) is 3.37. The minimum Gasteiger partial charge on any atom is -0.496 e. The Bertz CT molecular complexity index is 797. The SMILES string of the molecule is CCS(=O)(=O)N1CCC(C(=O)N[C@H](C)c2cc(C(C)C)c(OC)cc2C)CC1. The van der Waals surface area contributed by atoms with Gasteiger partial charge >= 0.3 is 0 Å². The van der Waals surface area contributed by atoms with Gasteiger partial charge in [0.15, 0.2) is 0 Å². The number of aryl methyl sites for hydroxylation is 1. The van der Waals surface area contributed by atoms with Crippen molar-refractivity contribution in [3.8, 4) is 5.75 Å². The fourth-order valence-corrected chi connectivity index (χ4v) is 4.93. The number of methoxy groups -OCH3 is 1. The van der Waals surface area contributed by atoms with Gasteiger partial charge in [0, 0.05) is 19.0 Å². The number of carbonyl (C=O) groups excluding carboxylic acids is 1. The summed E-state index contributed by atoms with van der Waals surface area (Å²) in [5, 5.41) is 3.13. The van der Waals surface area contributed by atoms with Crippen LogP contribution in [0.1, 0.15) is 69.2 Å². The van der Waals surface area contributed by atoms with Crippen LogP contribution in [0.2, 0.25) is 0 Å². The quantitative estimate of drug-likeness (QED) is 0.748. The summed E-state index contributed by atoms with van der Waals surface area (Å²) in [4.78, 5) is 12.8. The lowest BCUT2D eigenvalue weighted by molar-refractivity contribution is -0.126. The number of nitrogens with zero attached hydrogens (tertiary/aromatic N) is 1. The number of hydrogen-bond acceptors (Lipinski definition) is 4. The molecular weight excluding hydrogens is 376 g/mol. The van der Waals surface area contributed by atoms with E-state index in [0.29, 0.717) is 31.8 Å². The highest BCUT2D eigenvalue weighted by Gasteiger charge is 2.30. The first-order valence-electron chi connectivity index (χ1n) is 10.1. The molecule has 0 spiro atoms. The zero-order valence-electron chi connectivity index (χ0n) is 17.9. The topological polar surface area (TPSA) is 75.7 Å². The molecule has 1 fully saturated rings. The van der Waals surface area contributed by atoms with Crippen molar-refractivity contribution in [1.29, 1.82) is 0 Å². The molecule has 0 saturated carbocycles. The molecule has 0 radical (unpaired) electrons. The summed E-state index contributed by atoms with van der Waals surface area (Å²) in [6.07, 6.45) is 1.13. The molecule has 1 atom stereocenters. The zero-order valence-corrected chi connectivity index (χ0v) is 18.7. The van der Waals surface area contributed by atoms with Crippen LogP contribution in [0, 0.1) is 12.8 Å². The van der Waals surface area contributed by atoms with Gasteiger partial charge in [0.05, 0.1) is 18.9 Å². The second-order valence-corrected chi connectivity index (χ2v) is 10.2. The Hall–Kier alpha value is -1.60. The number of sulfonamides is 1. The molecule has 0 bridgehead atoms. The molecule has 1 aliphatic heterocycles.